The van der Waals surface area contributed by atoms with Gasteiger partial charge < -0.3 is 0 Å². The van der Waals surface area contributed by atoms with Gasteiger partial charge in [0.15, 0.2) is 0 Å². The maximum absolute atomic E-state index is 4.59. The van der Waals surface area contributed by atoms with Crippen LogP contribution in [0.3, 0.4) is 0 Å². The molecule has 3 rings (SSSR count). The minimum absolute atomic E-state index is 0.530. The van der Waals surface area contributed by atoms with Crippen molar-refractivity contribution in [3.8, 4) is 0 Å². The minimum atomic E-state index is 0.530. The van der Waals surface area contributed by atoms with Gasteiger partial charge in [0.1, 0.15) is 0 Å². The van der Waals surface area contributed by atoms with Crippen molar-refractivity contribution in [2.45, 2.75) is 39.2 Å². The molecule has 0 amide bonds. The predicted molar refractivity (Wildman–Crippen MR) is 84.2 cm³/mol. The maximum Gasteiger partial charge on any atom is 0.0644 e. The van der Waals surface area contributed by atoms with Crippen LogP contribution in [0.2, 0.25) is 0 Å². The second-order valence-electron chi connectivity index (χ2n) is 5.97. The van der Waals surface area contributed by atoms with Crippen LogP contribution in [-0.4, -0.2) is 32.8 Å². The molecule has 0 unspecified atom stereocenters. The number of aryl methyl sites for hydroxylation is 2. The molecule has 0 aliphatic carbocycles. The molecule has 1 aliphatic heterocycles. The number of pyridine rings is 1. The Morgan fingerprint density at radius 2 is 2.14 bits per heavy atom. The fraction of sp³-hybridized carbons (Fsp3) is 0.529. The van der Waals surface area contributed by atoms with Crippen molar-refractivity contribution in [1.29, 1.82) is 0 Å². The third-order valence-corrected chi connectivity index (χ3v) is 4.64. The molecule has 21 heavy (non-hydrogen) atoms. The molecule has 1 aliphatic rings. The van der Waals surface area contributed by atoms with E-state index < -0.39 is 0 Å². The highest BCUT2D eigenvalue weighted by Gasteiger charge is 2.29. The largest absolute Gasteiger partial charge is 0.296 e. The summed E-state index contributed by atoms with van der Waals surface area (Å²) in [5.74, 6) is 0. The van der Waals surface area contributed by atoms with Gasteiger partial charge in [0.05, 0.1) is 5.69 Å². The van der Waals surface area contributed by atoms with E-state index in [1.54, 1.807) is 0 Å². The van der Waals surface area contributed by atoms with Gasteiger partial charge in [-0.3, -0.25) is 14.6 Å². The third-order valence-electron chi connectivity index (χ3n) is 4.64. The van der Waals surface area contributed by atoms with Crippen LogP contribution in [0.4, 0.5) is 0 Å². The van der Waals surface area contributed by atoms with E-state index in [0.717, 1.165) is 13.0 Å². The summed E-state index contributed by atoms with van der Waals surface area (Å²) < 4.78 is 2.01. The highest BCUT2D eigenvalue weighted by atomic mass is 15.3. The molecule has 112 valence electrons. The summed E-state index contributed by atoms with van der Waals surface area (Å²) in [6.45, 7) is 6.59. The van der Waals surface area contributed by atoms with E-state index in [2.05, 4.69) is 41.0 Å². The lowest BCUT2D eigenvalue weighted by Gasteiger charge is -2.25. The highest BCUT2D eigenvalue weighted by Crippen LogP contribution is 2.35. The SMILES string of the molecule is Cc1nn(C)c(C)c1[C@H]1CCCN1CCc1ccccn1. The van der Waals surface area contributed by atoms with Crippen LogP contribution in [0.1, 0.15) is 41.5 Å². The zero-order valence-corrected chi connectivity index (χ0v) is 13.2. The summed E-state index contributed by atoms with van der Waals surface area (Å²) in [7, 11) is 2.04. The predicted octanol–water partition coefficient (Wildman–Crippen LogP) is 2.81. The standard InChI is InChI=1S/C17H24N4/c1-13-17(14(2)20(3)19-13)16-8-6-11-21(16)12-9-15-7-4-5-10-18-15/h4-5,7,10,16H,6,8-9,11-12H2,1-3H3/t16-/m1/s1. The van der Waals surface area contributed by atoms with E-state index in [-0.39, 0.29) is 0 Å². The van der Waals surface area contributed by atoms with Crippen LogP contribution < -0.4 is 0 Å². The van der Waals surface area contributed by atoms with Gasteiger partial charge >= 0.3 is 0 Å². The first-order chi connectivity index (χ1) is 10.2. The van der Waals surface area contributed by atoms with Crippen molar-refractivity contribution in [2.24, 2.45) is 7.05 Å². The fourth-order valence-electron chi connectivity index (χ4n) is 3.50. The zero-order chi connectivity index (χ0) is 14.8. The second kappa shape index (κ2) is 5.98. The Kier molecular flexibility index (Phi) is 4.06. The van der Waals surface area contributed by atoms with E-state index in [1.165, 1.54) is 42.0 Å². The molecule has 0 spiro atoms. The van der Waals surface area contributed by atoms with Gasteiger partial charge in [-0.25, -0.2) is 0 Å². The lowest BCUT2D eigenvalue weighted by Crippen LogP contribution is -2.26. The number of rotatable bonds is 4. The quantitative estimate of drug-likeness (QED) is 0.866. The summed E-state index contributed by atoms with van der Waals surface area (Å²) in [4.78, 5) is 7.04. The van der Waals surface area contributed by atoms with E-state index in [1.807, 2.05) is 24.0 Å². The summed E-state index contributed by atoms with van der Waals surface area (Å²) in [6, 6.07) is 6.69. The monoisotopic (exact) mass is 284 g/mol. The van der Waals surface area contributed by atoms with Crippen LogP contribution >= 0.6 is 0 Å². The maximum atomic E-state index is 4.59. The van der Waals surface area contributed by atoms with Crippen molar-refractivity contribution in [3.63, 3.8) is 0 Å². The first-order valence-electron chi connectivity index (χ1n) is 7.81. The first-order valence-corrected chi connectivity index (χ1v) is 7.81. The molecular weight excluding hydrogens is 260 g/mol. The Labute approximate surface area is 126 Å². The van der Waals surface area contributed by atoms with Crippen LogP contribution in [0.15, 0.2) is 24.4 Å². The summed E-state index contributed by atoms with van der Waals surface area (Å²) in [6.07, 6.45) is 5.43. The molecule has 1 atom stereocenters. The summed E-state index contributed by atoms with van der Waals surface area (Å²) >= 11 is 0. The third kappa shape index (κ3) is 2.86. The van der Waals surface area contributed by atoms with Crippen LogP contribution in [0, 0.1) is 13.8 Å². The van der Waals surface area contributed by atoms with E-state index >= 15 is 0 Å². The van der Waals surface area contributed by atoms with Crippen molar-refractivity contribution < 1.29 is 0 Å². The Balaban J connectivity index is 1.73. The second-order valence-corrected chi connectivity index (χ2v) is 5.97. The Bertz CT molecular complexity index is 603. The van der Waals surface area contributed by atoms with Gasteiger partial charge in [0.25, 0.3) is 0 Å². The molecule has 0 bridgehead atoms. The van der Waals surface area contributed by atoms with Crippen molar-refractivity contribution in [1.82, 2.24) is 19.7 Å². The van der Waals surface area contributed by atoms with Gasteiger partial charge in [-0.05, 0) is 45.4 Å². The van der Waals surface area contributed by atoms with Crippen LogP contribution in [0.25, 0.3) is 0 Å². The van der Waals surface area contributed by atoms with Crippen LogP contribution in [0.5, 0.6) is 0 Å². The topological polar surface area (TPSA) is 34.0 Å². The van der Waals surface area contributed by atoms with Gasteiger partial charge in [0.2, 0.25) is 0 Å². The molecule has 0 saturated carbocycles. The molecule has 4 nitrogen and oxygen atoms in total. The van der Waals surface area contributed by atoms with E-state index in [9.17, 15) is 0 Å². The normalized spacial score (nSPS) is 19.3. The number of nitrogens with zero attached hydrogens (tertiary/aromatic N) is 4. The lowest BCUT2D eigenvalue weighted by atomic mass is 10.0. The van der Waals surface area contributed by atoms with Crippen molar-refractivity contribution in [2.75, 3.05) is 13.1 Å². The first kappa shape index (κ1) is 14.3. The molecule has 2 aromatic rings. The molecule has 0 N–H and O–H groups in total. The van der Waals surface area contributed by atoms with Gasteiger partial charge in [-0.2, -0.15) is 5.10 Å². The number of hydrogen-bond donors (Lipinski definition) is 0. The molecule has 0 radical (unpaired) electrons. The molecule has 3 heterocycles. The average Bonchev–Trinajstić information content (AvgIpc) is 3.03. The van der Waals surface area contributed by atoms with Gasteiger partial charge in [-0.15, -0.1) is 0 Å². The van der Waals surface area contributed by atoms with Crippen molar-refractivity contribution in [3.05, 3.63) is 47.0 Å². The fourth-order valence-corrected chi connectivity index (χ4v) is 3.50. The number of likely N-dealkylation sites (tertiary alicyclic amines) is 1. The molecule has 1 fully saturated rings. The van der Waals surface area contributed by atoms with Crippen molar-refractivity contribution >= 4 is 0 Å². The average molecular weight is 284 g/mol. The van der Waals surface area contributed by atoms with Gasteiger partial charge in [-0.1, -0.05) is 6.07 Å². The smallest absolute Gasteiger partial charge is 0.0644 e. The molecular formula is C17H24N4. The summed E-state index contributed by atoms with van der Waals surface area (Å²) in [5.41, 5.74) is 5.12. The molecule has 0 aromatic carbocycles. The summed E-state index contributed by atoms with van der Waals surface area (Å²) in [5, 5.41) is 4.59. The molecule has 1 saturated heterocycles. The Morgan fingerprint density at radius 3 is 2.81 bits per heavy atom. The molecule has 2 aromatic heterocycles. The van der Waals surface area contributed by atoms with E-state index in [0.29, 0.717) is 6.04 Å². The minimum Gasteiger partial charge on any atom is -0.296 e. The van der Waals surface area contributed by atoms with Gasteiger partial charge in [0, 0.05) is 49.2 Å². The molecule has 4 heteroatoms. The van der Waals surface area contributed by atoms with E-state index in [4.69, 9.17) is 0 Å². The highest BCUT2D eigenvalue weighted by molar-refractivity contribution is 5.29. The zero-order valence-electron chi connectivity index (χ0n) is 13.2. The number of hydrogen-bond acceptors (Lipinski definition) is 3. The Hall–Kier alpha value is -1.68. The lowest BCUT2D eigenvalue weighted by molar-refractivity contribution is 0.258. The number of aromatic nitrogens is 3. The Morgan fingerprint density at radius 1 is 1.29 bits per heavy atom. The van der Waals surface area contributed by atoms with Crippen LogP contribution in [-0.2, 0) is 13.5 Å².